The van der Waals surface area contributed by atoms with Crippen LogP contribution in [-0.2, 0) is 14.3 Å². The van der Waals surface area contributed by atoms with Crippen LogP contribution in [0, 0.1) is 6.92 Å². The van der Waals surface area contributed by atoms with Crippen LogP contribution >= 0.6 is 0 Å². The molecular formula is C12H12O5. The summed E-state index contributed by atoms with van der Waals surface area (Å²) in [5.41, 5.74) is 0.884. The molecule has 1 N–H and O–H groups in total. The van der Waals surface area contributed by atoms with Crippen LogP contribution in [0.4, 0.5) is 0 Å². The number of benzene rings is 1. The van der Waals surface area contributed by atoms with Gasteiger partial charge in [0.2, 0.25) is 6.10 Å². The van der Waals surface area contributed by atoms with Crippen molar-refractivity contribution >= 4 is 11.9 Å². The third-order valence-electron chi connectivity index (χ3n) is 2.58. The summed E-state index contributed by atoms with van der Waals surface area (Å²) in [6.07, 6.45) is -0.450. The number of phenols is 1. The van der Waals surface area contributed by atoms with E-state index in [9.17, 15) is 14.7 Å². The fraction of sp³-hybridized carbons (Fsp3) is 0.333. The molecule has 17 heavy (non-hydrogen) atoms. The highest BCUT2D eigenvalue weighted by molar-refractivity contribution is 5.92. The number of carbonyl (C=O) groups excluding carboxylic acids is 2. The topological polar surface area (TPSA) is 72.8 Å². The molecule has 1 saturated heterocycles. The van der Waals surface area contributed by atoms with Crippen LogP contribution in [0.15, 0.2) is 18.2 Å². The van der Waals surface area contributed by atoms with E-state index in [4.69, 9.17) is 4.74 Å². The van der Waals surface area contributed by atoms with Gasteiger partial charge in [-0.3, -0.25) is 0 Å². The van der Waals surface area contributed by atoms with Crippen molar-refractivity contribution in [3.63, 3.8) is 0 Å². The van der Waals surface area contributed by atoms with E-state index in [1.54, 1.807) is 13.0 Å². The third kappa shape index (κ3) is 2.38. The predicted molar refractivity (Wildman–Crippen MR) is 57.6 cm³/mol. The monoisotopic (exact) mass is 236 g/mol. The minimum atomic E-state index is -0.828. The van der Waals surface area contributed by atoms with Crippen LogP contribution in [-0.4, -0.2) is 29.8 Å². The summed E-state index contributed by atoms with van der Waals surface area (Å²) in [6, 6.07) is 4.47. The predicted octanol–water partition coefficient (Wildman–Crippen LogP) is 1.17. The maximum Gasteiger partial charge on any atom is 0.347 e. The molecule has 1 aliphatic heterocycles. The molecule has 0 aromatic heterocycles. The summed E-state index contributed by atoms with van der Waals surface area (Å²) >= 11 is 0. The Morgan fingerprint density at radius 2 is 2.29 bits per heavy atom. The van der Waals surface area contributed by atoms with Crippen molar-refractivity contribution < 1.29 is 24.2 Å². The maximum absolute atomic E-state index is 11.7. The van der Waals surface area contributed by atoms with E-state index in [1.165, 1.54) is 12.1 Å². The average molecular weight is 236 g/mol. The van der Waals surface area contributed by atoms with Crippen molar-refractivity contribution in [3.8, 4) is 5.75 Å². The molecule has 5 nitrogen and oxygen atoms in total. The van der Waals surface area contributed by atoms with Gasteiger partial charge in [-0.1, -0.05) is 6.07 Å². The molecule has 0 bridgehead atoms. The summed E-state index contributed by atoms with van der Waals surface area (Å²) in [5, 5.41) is 9.46. The maximum atomic E-state index is 11.7. The number of hydrogen-bond donors (Lipinski definition) is 1. The van der Waals surface area contributed by atoms with Gasteiger partial charge in [-0.15, -0.1) is 0 Å². The lowest BCUT2D eigenvalue weighted by Gasteiger charge is -2.08. The van der Waals surface area contributed by atoms with Crippen LogP contribution in [0.2, 0.25) is 0 Å². The lowest BCUT2D eigenvalue weighted by atomic mass is 10.1. The van der Waals surface area contributed by atoms with Gasteiger partial charge in [-0.2, -0.15) is 0 Å². The second kappa shape index (κ2) is 4.45. The highest BCUT2D eigenvalue weighted by Crippen LogP contribution is 2.19. The molecule has 2 rings (SSSR count). The molecule has 1 aromatic carbocycles. The Bertz CT molecular complexity index is 466. The second-order valence-electron chi connectivity index (χ2n) is 3.85. The Balaban J connectivity index is 2.09. The van der Waals surface area contributed by atoms with Gasteiger partial charge >= 0.3 is 11.9 Å². The SMILES string of the molecule is Cc1ccc(C(=O)O[C@H]2CCOC2=O)cc1O. The molecule has 0 aliphatic carbocycles. The van der Waals surface area contributed by atoms with Crippen molar-refractivity contribution in [1.29, 1.82) is 0 Å². The molecule has 1 atom stereocenters. The number of aromatic hydroxyl groups is 1. The highest BCUT2D eigenvalue weighted by atomic mass is 16.6. The van der Waals surface area contributed by atoms with Crippen LogP contribution in [0.5, 0.6) is 5.75 Å². The van der Waals surface area contributed by atoms with E-state index in [0.29, 0.717) is 12.0 Å². The molecule has 1 fully saturated rings. The number of aryl methyl sites for hydroxylation is 1. The Hall–Kier alpha value is -2.04. The minimum Gasteiger partial charge on any atom is -0.508 e. The first-order chi connectivity index (χ1) is 8.08. The van der Waals surface area contributed by atoms with Crippen molar-refractivity contribution in [2.45, 2.75) is 19.4 Å². The normalized spacial score (nSPS) is 18.9. The molecule has 1 heterocycles. The molecule has 1 aliphatic rings. The van der Waals surface area contributed by atoms with Gasteiger partial charge in [-0.05, 0) is 24.6 Å². The fourth-order valence-corrected chi connectivity index (χ4v) is 1.52. The molecule has 1 aromatic rings. The molecule has 0 radical (unpaired) electrons. The fourth-order valence-electron chi connectivity index (χ4n) is 1.52. The molecule has 0 amide bonds. The zero-order chi connectivity index (χ0) is 12.4. The molecule has 0 spiro atoms. The van der Waals surface area contributed by atoms with E-state index in [1.807, 2.05) is 0 Å². The van der Waals surface area contributed by atoms with Gasteiger partial charge < -0.3 is 14.6 Å². The summed E-state index contributed by atoms with van der Waals surface area (Å²) in [6.45, 7) is 1.99. The van der Waals surface area contributed by atoms with Crippen molar-refractivity contribution in [2.75, 3.05) is 6.61 Å². The highest BCUT2D eigenvalue weighted by Gasteiger charge is 2.30. The van der Waals surface area contributed by atoms with Gasteiger partial charge in [0.1, 0.15) is 5.75 Å². The number of hydrogen-bond acceptors (Lipinski definition) is 5. The van der Waals surface area contributed by atoms with E-state index in [2.05, 4.69) is 4.74 Å². The lowest BCUT2D eigenvalue weighted by molar-refractivity contribution is -0.145. The summed E-state index contributed by atoms with van der Waals surface area (Å²) in [4.78, 5) is 22.8. The molecule has 0 unspecified atom stereocenters. The van der Waals surface area contributed by atoms with E-state index in [0.717, 1.165) is 0 Å². The quantitative estimate of drug-likeness (QED) is 0.780. The zero-order valence-electron chi connectivity index (χ0n) is 9.30. The summed E-state index contributed by atoms with van der Waals surface area (Å²) < 4.78 is 9.66. The van der Waals surface area contributed by atoms with Crippen molar-refractivity contribution in [2.24, 2.45) is 0 Å². The standard InChI is InChI=1S/C12H12O5/c1-7-2-3-8(6-9(7)13)11(14)17-10-4-5-16-12(10)15/h2-3,6,10,13H,4-5H2,1H3/t10-/m0/s1. The van der Waals surface area contributed by atoms with Crippen molar-refractivity contribution in [1.82, 2.24) is 0 Å². The summed E-state index contributed by atoms with van der Waals surface area (Å²) in [5.74, 6) is -1.13. The molecule has 0 saturated carbocycles. The Morgan fingerprint density at radius 1 is 1.53 bits per heavy atom. The number of phenolic OH excluding ortho intramolecular Hbond substituents is 1. The first kappa shape index (κ1) is 11.4. The smallest absolute Gasteiger partial charge is 0.347 e. The van der Waals surface area contributed by atoms with Gasteiger partial charge in [0.25, 0.3) is 0 Å². The van der Waals surface area contributed by atoms with Crippen LogP contribution < -0.4 is 0 Å². The van der Waals surface area contributed by atoms with E-state index >= 15 is 0 Å². The van der Waals surface area contributed by atoms with Crippen LogP contribution in [0.25, 0.3) is 0 Å². The lowest BCUT2D eigenvalue weighted by Crippen LogP contribution is -2.22. The number of ether oxygens (including phenoxy) is 2. The van der Waals surface area contributed by atoms with Crippen LogP contribution in [0.1, 0.15) is 22.3 Å². The second-order valence-corrected chi connectivity index (χ2v) is 3.85. The first-order valence-corrected chi connectivity index (χ1v) is 5.25. The van der Waals surface area contributed by atoms with E-state index < -0.39 is 18.0 Å². The average Bonchev–Trinajstić information content (AvgIpc) is 2.68. The number of carbonyl (C=O) groups is 2. The van der Waals surface area contributed by atoms with Crippen LogP contribution in [0.3, 0.4) is 0 Å². The minimum absolute atomic E-state index is 0.0217. The van der Waals surface area contributed by atoms with Gasteiger partial charge in [0, 0.05) is 6.42 Å². The number of esters is 2. The Kier molecular flexibility index (Phi) is 2.99. The van der Waals surface area contributed by atoms with E-state index in [-0.39, 0.29) is 17.9 Å². The Morgan fingerprint density at radius 3 is 2.88 bits per heavy atom. The first-order valence-electron chi connectivity index (χ1n) is 5.25. The van der Waals surface area contributed by atoms with Gasteiger partial charge in [0.05, 0.1) is 12.2 Å². The third-order valence-corrected chi connectivity index (χ3v) is 2.58. The molecule has 5 heteroatoms. The van der Waals surface area contributed by atoms with Gasteiger partial charge in [-0.25, -0.2) is 9.59 Å². The van der Waals surface area contributed by atoms with Crippen molar-refractivity contribution in [3.05, 3.63) is 29.3 Å². The largest absolute Gasteiger partial charge is 0.508 e. The van der Waals surface area contributed by atoms with Gasteiger partial charge in [0.15, 0.2) is 0 Å². The summed E-state index contributed by atoms with van der Waals surface area (Å²) in [7, 11) is 0. The molecular weight excluding hydrogens is 224 g/mol. The number of rotatable bonds is 2. The Labute approximate surface area is 98.0 Å². The zero-order valence-corrected chi connectivity index (χ0v) is 9.30. The molecule has 90 valence electrons. The number of cyclic esters (lactones) is 1.